The maximum atomic E-state index is 12.2. The molecule has 0 aliphatic carbocycles. The number of alkyl halides is 1. The summed E-state index contributed by atoms with van der Waals surface area (Å²) in [6.07, 6.45) is -0.582. The molecule has 0 amide bonds. The van der Waals surface area contributed by atoms with Crippen LogP contribution in [-0.4, -0.2) is 5.11 Å². The maximum absolute atomic E-state index is 12.2. The Labute approximate surface area is 65.5 Å². The van der Waals surface area contributed by atoms with E-state index in [1.807, 2.05) is 0 Å². The first-order valence-electron chi connectivity index (χ1n) is 3.57. The average Bonchev–Trinajstić information content (AvgIpc) is 2.04. The van der Waals surface area contributed by atoms with Crippen molar-refractivity contribution in [1.82, 2.24) is 0 Å². The molecule has 0 saturated heterocycles. The second-order valence-electron chi connectivity index (χ2n) is 2.51. The predicted molar refractivity (Wildman–Crippen MR) is 41.9 cm³/mol. The molecule has 0 aliphatic rings. The fourth-order valence-electron chi connectivity index (χ4n) is 1.06. The van der Waals surface area contributed by atoms with E-state index < -0.39 is 12.8 Å². The van der Waals surface area contributed by atoms with Crippen LogP contribution in [0.3, 0.4) is 0 Å². The highest BCUT2D eigenvalue weighted by Gasteiger charge is 2.05. The van der Waals surface area contributed by atoms with Gasteiger partial charge in [-0.3, -0.25) is 0 Å². The number of aliphatic hydroxyl groups excluding tert-OH is 1. The van der Waals surface area contributed by atoms with Gasteiger partial charge in [0.25, 0.3) is 0 Å². The zero-order chi connectivity index (χ0) is 8.27. The summed E-state index contributed by atoms with van der Waals surface area (Å²) >= 11 is 0. The molecule has 0 fully saturated rings. The highest BCUT2D eigenvalue weighted by molar-refractivity contribution is 5.27. The topological polar surface area (TPSA) is 20.2 Å². The van der Waals surface area contributed by atoms with Crippen molar-refractivity contribution in [2.75, 3.05) is 0 Å². The molecule has 1 N–H and O–H groups in total. The van der Waals surface area contributed by atoms with Gasteiger partial charge in [-0.2, -0.15) is 0 Å². The SMILES string of the molecule is CC(O)c1ccccc1CF. The largest absolute Gasteiger partial charge is 0.389 e. The Hall–Kier alpha value is -0.890. The third-order valence-electron chi connectivity index (χ3n) is 1.65. The van der Waals surface area contributed by atoms with Crippen LogP contribution in [0.5, 0.6) is 0 Å². The number of hydrogen-bond acceptors (Lipinski definition) is 1. The highest BCUT2D eigenvalue weighted by atomic mass is 19.1. The van der Waals surface area contributed by atoms with Crippen LogP contribution in [0.15, 0.2) is 24.3 Å². The number of benzene rings is 1. The first-order chi connectivity index (χ1) is 5.25. The summed E-state index contributed by atoms with van der Waals surface area (Å²) in [5.41, 5.74) is 1.25. The summed E-state index contributed by atoms with van der Waals surface area (Å²) in [7, 11) is 0. The van der Waals surface area contributed by atoms with Crippen molar-refractivity contribution < 1.29 is 9.50 Å². The van der Waals surface area contributed by atoms with E-state index in [4.69, 9.17) is 5.11 Å². The maximum Gasteiger partial charge on any atom is 0.115 e. The summed E-state index contributed by atoms with van der Waals surface area (Å²) in [4.78, 5) is 0. The van der Waals surface area contributed by atoms with Crippen molar-refractivity contribution in [3.8, 4) is 0 Å². The molecule has 0 radical (unpaired) electrons. The standard InChI is InChI=1S/C9H11FO/c1-7(11)9-5-3-2-4-8(9)6-10/h2-5,7,11H,6H2,1H3. The lowest BCUT2D eigenvalue weighted by atomic mass is 10.0. The van der Waals surface area contributed by atoms with E-state index in [0.717, 1.165) is 0 Å². The van der Waals surface area contributed by atoms with E-state index in [1.165, 1.54) is 0 Å². The molecule has 2 heteroatoms. The van der Waals surface area contributed by atoms with Crippen molar-refractivity contribution in [2.24, 2.45) is 0 Å². The van der Waals surface area contributed by atoms with Crippen LogP contribution in [0, 0.1) is 0 Å². The third-order valence-corrected chi connectivity index (χ3v) is 1.65. The van der Waals surface area contributed by atoms with Gasteiger partial charge in [-0.1, -0.05) is 24.3 Å². The molecule has 0 saturated carbocycles. The molecule has 1 rings (SSSR count). The normalized spacial score (nSPS) is 13.0. The van der Waals surface area contributed by atoms with E-state index >= 15 is 0 Å². The predicted octanol–water partition coefficient (Wildman–Crippen LogP) is 2.21. The van der Waals surface area contributed by atoms with Crippen LogP contribution in [0.2, 0.25) is 0 Å². The molecule has 1 aromatic carbocycles. The molecule has 0 bridgehead atoms. The fourth-order valence-corrected chi connectivity index (χ4v) is 1.06. The molecule has 0 spiro atoms. The zero-order valence-electron chi connectivity index (χ0n) is 6.42. The molecule has 11 heavy (non-hydrogen) atoms. The van der Waals surface area contributed by atoms with Gasteiger partial charge in [0.1, 0.15) is 6.67 Å². The van der Waals surface area contributed by atoms with Crippen LogP contribution in [0.1, 0.15) is 24.2 Å². The van der Waals surface area contributed by atoms with Gasteiger partial charge in [0, 0.05) is 0 Å². The Morgan fingerprint density at radius 2 is 2.09 bits per heavy atom. The molecule has 0 aromatic heterocycles. The van der Waals surface area contributed by atoms with Crippen molar-refractivity contribution in [1.29, 1.82) is 0 Å². The van der Waals surface area contributed by atoms with Crippen LogP contribution < -0.4 is 0 Å². The van der Waals surface area contributed by atoms with E-state index in [0.29, 0.717) is 11.1 Å². The number of hydrogen-bond donors (Lipinski definition) is 1. The molecular formula is C9H11FO. The fraction of sp³-hybridized carbons (Fsp3) is 0.333. The first-order valence-corrected chi connectivity index (χ1v) is 3.57. The minimum atomic E-state index is -0.582. The highest BCUT2D eigenvalue weighted by Crippen LogP contribution is 2.17. The Kier molecular flexibility index (Phi) is 2.60. The smallest absolute Gasteiger partial charge is 0.115 e. The van der Waals surface area contributed by atoms with Gasteiger partial charge >= 0.3 is 0 Å². The van der Waals surface area contributed by atoms with Crippen LogP contribution >= 0.6 is 0 Å². The van der Waals surface area contributed by atoms with Crippen LogP contribution in [0.4, 0.5) is 4.39 Å². The monoisotopic (exact) mass is 154 g/mol. The minimum Gasteiger partial charge on any atom is -0.389 e. The van der Waals surface area contributed by atoms with E-state index in [2.05, 4.69) is 0 Å². The van der Waals surface area contributed by atoms with Crippen molar-refractivity contribution in [2.45, 2.75) is 19.7 Å². The third kappa shape index (κ3) is 1.77. The van der Waals surface area contributed by atoms with Gasteiger partial charge in [-0.25, -0.2) is 4.39 Å². The number of halogens is 1. The second kappa shape index (κ2) is 3.49. The lowest BCUT2D eigenvalue weighted by Gasteiger charge is -2.07. The quantitative estimate of drug-likeness (QED) is 0.692. The van der Waals surface area contributed by atoms with Crippen molar-refractivity contribution in [3.63, 3.8) is 0 Å². The Morgan fingerprint density at radius 1 is 1.45 bits per heavy atom. The van der Waals surface area contributed by atoms with E-state index in [9.17, 15) is 4.39 Å². The van der Waals surface area contributed by atoms with Crippen molar-refractivity contribution >= 4 is 0 Å². The van der Waals surface area contributed by atoms with E-state index in [1.54, 1.807) is 31.2 Å². The molecule has 1 atom stereocenters. The molecule has 1 nitrogen and oxygen atoms in total. The van der Waals surface area contributed by atoms with Gasteiger partial charge < -0.3 is 5.11 Å². The van der Waals surface area contributed by atoms with E-state index in [-0.39, 0.29) is 0 Å². The molecule has 0 aliphatic heterocycles. The summed E-state index contributed by atoms with van der Waals surface area (Å²) in [5.74, 6) is 0. The molecule has 1 unspecified atom stereocenters. The van der Waals surface area contributed by atoms with Gasteiger partial charge in [0.2, 0.25) is 0 Å². The summed E-state index contributed by atoms with van der Waals surface area (Å²) in [5, 5.41) is 9.17. The molecule has 1 aromatic rings. The minimum absolute atomic E-state index is 0.513. The van der Waals surface area contributed by atoms with Crippen LogP contribution in [0.25, 0.3) is 0 Å². The number of rotatable bonds is 2. The Morgan fingerprint density at radius 3 is 2.55 bits per heavy atom. The van der Waals surface area contributed by atoms with Gasteiger partial charge in [-0.15, -0.1) is 0 Å². The molecule has 60 valence electrons. The number of aliphatic hydroxyl groups is 1. The summed E-state index contributed by atoms with van der Waals surface area (Å²) in [6, 6.07) is 6.98. The van der Waals surface area contributed by atoms with Crippen LogP contribution in [-0.2, 0) is 6.67 Å². The second-order valence-corrected chi connectivity index (χ2v) is 2.51. The Bertz CT molecular complexity index is 233. The summed E-state index contributed by atoms with van der Waals surface area (Å²) in [6.45, 7) is 1.12. The van der Waals surface area contributed by atoms with Gasteiger partial charge in [0.15, 0.2) is 0 Å². The lowest BCUT2D eigenvalue weighted by molar-refractivity contribution is 0.197. The van der Waals surface area contributed by atoms with Gasteiger partial charge in [-0.05, 0) is 18.1 Å². The summed E-state index contributed by atoms with van der Waals surface area (Å²) < 4.78 is 12.2. The average molecular weight is 154 g/mol. The molecular weight excluding hydrogens is 143 g/mol. The van der Waals surface area contributed by atoms with Crippen molar-refractivity contribution in [3.05, 3.63) is 35.4 Å². The first kappa shape index (κ1) is 8.21. The molecule has 0 heterocycles. The Balaban J connectivity index is 3.02. The lowest BCUT2D eigenvalue weighted by Crippen LogP contribution is -1.95. The zero-order valence-corrected chi connectivity index (χ0v) is 6.42. The van der Waals surface area contributed by atoms with Gasteiger partial charge in [0.05, 0.1) is 6.10 Å².